The second-order valence-corrected chi connectivity index (χ2v) is 9.73. The molecular weight excluding hydrogens is 428 g/mol. The Kier molecular flexibility index (Phi) is 6.26. The third-order valence-corrected chi connectivity index (χ3v) is 6.75. The molecule has 2 amide bonds. The zero-order valence-electron chi connectivity index (χ0n) is 18.2. The summed E-state index contributed by atoms with van der Waals surface area (Å²) in [5, 5.41) is 9.82. The lowest BCUT2D eigenvalue weighted by Crippen LogP contribution is -2.39. The number of rotatable bonds is 5. The molecule has 2 aliphatic heterocycles. The molecule has 9 heteroatoms. The van der Waals surface area contributed by atoms with Crippen molar-refractivity contribution in [1.29, 1.82) is 5.26 Å². The van der Waals surface area contributed by atoms with E-state index in [1.54, 1.807) is 34.9 Å². The van der Waals surface area contributed by atoms with Gasteiger partial charge in [-0.25, -0.2) is 0 Å². The van der Waals surface area contributed by atoms with Crippen molar-refractivity contribution in [3.63, 3.8) is 0 Å². The summed E-state index contributed by atoms with van der Waals surface area (Å²) in [4.78, 5) is 31.0. The molecule has 0 spiro atoms. The number of primary amides is 1. The van der Waals surface area contributed by atoms with E-state index in [9.17, 15) is 14.9 Å². The van der Waals surface area contributed by atoms with Crippen molar-refractivity contribution in [1.82, 2.24) is 9.88 Å². The number of nitriles is 1. The molecule has 32 heavy (non-hydrogen) atoms. The number of nitrogens with zero attached hydrogens (tertiary/aromatic N) is 3. The average molecular weight is 455 g/mol. The molecule has 168 valence electrons. The molecule has 0 bridgehead atoms. The van der Waals surface area contributed by atoms with Crippen LogP contribution in [0.25, 0.3) is 10.9 Å². The van der Waals surface area contributed by atoms with Crippen molar-refractivity contribution < 1.29 is 19.1 Å². The summed E-state index contributed by atoms with van der Waals surface area (Å²) in [6, 6.07) is 8.66. The summed E-state index contributed by atoms with van der Waals surface area (Å²) in [5.41, 5.74) is 6.72. The van der Waals surface area contributed by atoms with Crippen LogP contribution in [0.3, 0.4) is 0 Å². The number of hydrogen-bond donors (Lipinski definition) is 1. The van der Waals surface area contributed by atoms with Crippen molar-refractivity contribution in [3.8, 4) is 11.8 Å². The van der Waals surface area contributed by atoms with Gasteiger partial charge in [-0.1, -0.05) is 0 Å². The maximum atomic E-state index is 12.7. The fourth-order valence-corrected chi connectivity index (χ4v) is 5.25. The van der Waals surface area contributed by atoms with E-state index in [1.165, 1.54) is 0 Å². The molecule has 4 rings (SSSR count). The van der Waals surface area contributed by atoms with Gasteiger partial charge in [0, 0.05) is 24.0 Å². The number of nitrogens with two attached hydrogens (primary N) is 1. The number of hydrogen-bond acceptors (Lipinski definition) is 7. The predicted octanol–water partition coefficient (Wildman–Crippen LogP) is 2.64. The van der Waals surface area contributed by atoms with E-state index in [4.69, 9.17) is 15.2 Å². The van der Waals surface area contributed by atoms with Crippen LogP contribution < -0.4 is 10.5 Å². The lowest BCUT2D eigenvalue weighted by atomic mass is 9.96. The van der Waals surface area contributed by atoms with Gasteiger partial charge in [0.1, 0.15) is 17.9 Å². The van der Waals surface area contributed by atoms with E-state index < -0.39 is 11.9 Å². The average Bonchev–Trinajstić information content (AvgIpc) is 3.21. The Balaban J connectivity index is 1.58. The summed E-state index contributed by atoms with van der Waals surface area (Å²) >= 11 is 1.55. The maximum absolute atomic E-state index is 12.7. The molecule has 1 unspecified atom stereocenters. The molecule has 0 radical (unpaired) electrons. The SMILES string of the molecule is CC1(C)CC(Oc2ccc3nc(CC(=O)N4CSC[C@H]4C#N)cc(C(N)=O)c3c2)CCO1. The van der Waals surface area contributed by atoms with E-state index in [-0.39, 0.29) is 24.0 Å². The predicted molar refractivity (Wildman–Crippen MR) is 121 cm³/mol. The van der Waals surface area contributed by atoms with Crippen LogP contribution in [-0.2, 0) is 16.0 Å². The molecule has 2 atom stereocenters. The topological polar surface area (TPSA) is 119 Å². The number of thioether (sulfide) groups is 1. The largest absolute Gasteiger partial charge is 0.490 e. The summed E-state index contributed by atoms with van der Waals surface area (Å²) in [7, 11) is 0. The first-order valence-electron chi connectivity index (χ1n) is 10.6. The zero-order chi connectivity index (χ0) is 22.9. The van der Waals surface area contributed by atoms with Crippen molar-refractivity contribution >= 4 is 34.5 Å². The Morgan fingerprint density at radius 2 is 2.22 bits per heavy atom. The van der Waals surface area contributed by atoms with Crippen LogP contribution >= 0.6 is 11.8 Å². The minimum absolute atomic E-state index is 0.00433. The Morgan fingerprint density at radius 1 is 1.41 bits per heavy atom. The number of carbonyl (C=O) groups is 2. The highest BCUT2D eigenvalue weighted by Crippen LogP contribution is 2.30. The third kappa shape index (κ3) is 4.81. The lowest BCUT2D eigenvalue weighted by Gasteiger charge is -2.35. The Bertz CT molecular complexity index is 1100. The lowest BCUT2D eigenvalue weighted by molar-refractivity contribution is -0.130. The second kappa shape index (κ2) is 8.96. The molecule has 1 aromatic heterocycles. The minimum Gasteiger partial charge on any atom is -0.490 e. The summed E-state index contributed by atoms with van der Waals surface area (Å²) in [6.07, 6.45) is 1.59. The quantitative estimate of drug-likeness (QED) is 0.738. The molecule has 2 aliphatic rings. The summed E-state index contributed by atoms with van der Waals surface area (Å²) in [6.45, 7) is 4.72. The van der Waals surface area contributed by atoms with Gasteiger partial charge in [-0.05, 0) is 38.1 Å². The van der Waals surface area contributed by atoms with Gasteiger partial charge in [0.05, 0.1) is 47.3 Å². The van der Waals surface area contributed by atoms with Crippen molar-refractivity contribution in [3.05, 3.63) is 35.5 Å². The van der Waals surface area contributed by atoms with E-state index in [0.29, 0.717) is 46.1 Å². The number of amides is 2. The molecular formula is C23H26N4O4S. The highest BCUT2D eigenvalue weighted by molar-refractivity contribution is 7.99. The highest BCUT2D eigenvalue weighted by atomic mass is 32.2. The third-order valence-electron chi connectivity index (χ3n) is 5.74. The van der Waals surface area contributed by atoms with E-state index in [0.717, 1.165) is 12.8 Å². The van der Waals surface area contributed by atoms with E-state index in [2.05, 4.69) is 11.1 Å². The van der Waals surface area contributed by atoms with Crippen molar-refractivity contribution in [2.75, 3.05) is 18.2 Å². The van der Waals surface area contributed by atoms with E-state index in [1.807, 2.05) is 19.9 Å². The number of pyridine rings is 1. The Hall–Kier alpha value is -2.83. The fourth-order valence-electron chi connectivity index (χ4n) is 4.15. The van der Waals surface area contributed by atoms with Crippen LogP contribution in [0, 0.1) is 11.3 Å². The first-order valence-corrected chi connectivity index (χ1v) is 11.7. The maximum Gasteiger partial charge on any atom is 0.249 e. The monoisotopic (exact) mass is 454 g/mol. The van der Waals surface area contributed by atoms with Gasteiger partial charge in [0.25, 0.3) is 0 Å². The molecule has 3 heterocycles. The minimum atomic E-state index is -0.595. The molecule has 2 N–H and O–H groups in total. The number of ether oxygens (including phenoxy) is 2. The first kappa shape index (κ1) is 22.4. The van der Waals surface area contributed by atoms with Crippen LogP contribution in [0.5, 0.6) is 5.75 Å². The first-order chi connectivity index (χ1) is 15.3. The second-order valence-electron chi connectivity index (χ2n) is 8.73. The number of carbonyl (C=O) groups excluding carboxylic acids is 2. The van der Waals surface area contributed by atoms with Crippen LogP contribution in [0.2, 0.25) is 0 Å². The Labute approximate surface area is 191 Å². The van der Waals surface area contributed by atoms with Gasteiger partial charge in [-0.3, -0.25) is 14.6 Å². The number of fused-ring (bicyclic) bond motifs is 1. The normalized spacial score (nSPS) is 22.5. The van der Waals surface area contributed by atoms with Gasteiger partial charge in [-0.15, -0.1) is 11.8 Å². The Morgan fingerprint density at radius 3 is 2.94 bits per heavy atom. The van der Waals surface area contributed by atoms with Crippen LogP contribution in [0.15, 0.2) is 24.3 Å². The summed E-state index contributed by atoms with van der Waals surface area (Å²) < 4.78 is 11.9. The molecule has 0 aliphatic carbocycles. The van der Waals surface area contributed by atoms with Gasteiger partial charge < -0.3 is 20.1 Å². The fraction of sp³-hybridized carbons (Fsp3) is 0.478. The highest BCUT2D eigenvalue weighted by Gasteiger charge is 2.31. The van der Waals surface area contributed by atoms with Gasteiger partial charge in [0.2, 0.25) is 11.8 Å². The number of benzene rings is 1. The van der Waals surface area contributed by atoms with Crippen LogP contribution in [0.4, 0.5) is 0 Å². The molecule has 1 aromatic carbocycles. The van der Waals surface area contributed by atoms with Crippen molar-refractivity contribution in [2.45, 2.75) is 50.9 Å². The smallest absolute Gasteiger partial charge is 0.249 e. The van der Waals surface area contributed by atoms with Crippen LogP contribution in [-0.4, -0.2) is 57.7 Å². The van der Waals surface area contributed by atoms with Crippen LogP contribution in [0.1, 0.15) is 42.7 Å². The number of aromatic nitrogens is 1. The van der Waals surface area contributed by atoms with Gasteiger partial charge in [0.15, 0.2) is 0 Å². The molecule has 2 aromatic rings. The van der Waals surface area contributed by atoms with Gasteiger partial charge >= 0.3 is 0 Å². The molecule has 2 saturated heterocycles. The van der Waals surface area contributed by atoms with E-state index >= 15 is 0 Å². The molecule has 0 saturated carbocycles. The zero-order valence-corrected chi connectivity index (χ0v) is 19.0. The van der Waals surface area contributed by atoms with Crippen molar-refractivity contribution in [2.24, 2.45) is 5.73 Å². The summed E-state index contributed by atoms with van der Waals surface area (Å²) in [5.74, 6) is 0.941. The van der Waals surface area contributed by atoms with Gasteiger partial charge in [-0.2, -0.15) is 5.26 Å². The standard InChI is InChI=1S/C23H26N4O4S/c1-23(2)10-17(5-6-30-23)31-16-3-4-20-18(9-16)19(22(25)29)7-14(26-20)8-21(28)27-13-32-12-15(27)11-24/h3-4,7,9,15,17H,5-6,8,10,12-13H2,1-2H3,(H2,25,29)/t15-,17?/m1/s1. The molecule has 2 fully saturated rings. The molecule has 8 nitrogen and oxygen atoms in total.